The SMILES string of the molecule is CN(C)S(=O)(=O)c1ccc2oc3nnc(SCc4csc(-c5ccccc5)n4)n3c2c1. The third-order valence-electron chi connectivity index (χ3n) is 4.68. The van der Waals surface area contributed by atoms with Crippen LogP contribution in [0.3, 0.4) is 0 Å². The van der Waals surface area contributed by atoms with Crippen molar-refractivity contribution in [2.45, 2.75) is 15.8 Å². The van der Waals surface area contributed by atoms with Crippen LogP contribution in [0, 0.1) is 0 Å². The van der Waals surface area contributed by atoms with Crippen molar-refractivity contribution in [3.63, 3.8) is 0 Å². The third kappa shape index (κ3) is 3.63. The molecule has 31 heavy (non-hydrogen) atoms. The van der Waals surface area contributed by atoms with Crippen molar-refractivity contribution in [2.75, 3.05) is 14.1 Å². The van der Waals surface area contributed by atoms with Crippen LogP contribution in [0.4, 0.5) is 0 Å². The highest BCUT2D eigenvalue weighted by Gasteiger charge is 2.21. The Morgan fingerprint density at radius 3 is 2.71 bits per heavy atom. The van der Waals surface area contributed by atoms with Gasteiger partial charge in [0.15, 0.2) is 10.7 Å². The molecule has 0 fully saturated rings. The summed E-state index contributed by atoms with van der Waals surface area (Å²) in [4.78, 5) is 4.89. The number of benzene rings is 2. The molecule has 0 aliphatic carbocycles. The fraction of sp³-hybridized carbons (Fsp3) is 0.150. The molecule has 0 spiro atoms. The molecule has 11 heteroatoms. The van der Waals surface area contributed by atoms with Crippen LogP contribution in [0.2, 0.25) is 0 Å². The van der Waals surface area contributed by atoms with Gasteiger partial charge in [-0.3, -0.25) is 0 Å². The number of thioether (sulfide) groups is 1. The second-order valence-corrected chi connectivity index (χ2v) is 10.9. The van der Waals surface area contributed by atoms with E-state index in [2.05, 4.69) is 10.2 Å². The number of thiazole rings is 1. The van der Waals surface area contributed by atoms with Gasteiger partial charge in [0.1, 0.15) is 5.01 Å². The number of oxazole rings is 1. The molecule has 158 valence electrons. The zero-order chi connectivity index (χ0) is 21.6. The second-order valence-electron chi connectivity index (χ2n) is 6.92. The van der Waals surface area contributed by atoms with Crippen LogP contribution >= 0.6 is 23.1 Å². The maximum atomic E-state index is 12.5. The minimum Gasteiger partial charge on any atom is -0.422 e. The summed E-state index contributed by atoms with van der Waals surface area (Å²) in [6.07, 6.45) is 0. The number of sulfonamides is 1. The summed E-state index contributed by atoms with van der Waals surface area (Å²) >= 11 is 3.07. The molecule has 3 aromatic heterocycles. The largest absolute Gasteiger partial charge is 0.422 e. The molecule has 5 rings (SSSR count). The van der Waals surface area contributed by atoms with Crippen LogP contribution in [0.1, 0.15) is 5.69 Å². The molecule has 0 atom stereocenters. The van der Waals surface area contributed by atoms with Gasteiger partial charge in [-0.2, -0.15) is 0 Å². The Morgan fingerprint density at radius 1 is 1.13 bits per heavy atom. The molecule has 0 bridgehead atoms. The number of fused-ring (bicyclic) bond motifs is 3. The Balaban J connectivity index is 1.46. The van der Waals surface area contributed by atoms with Gasteiger partial charge in [-0.05, 0) is 18.2 Å². The molecular weight excluding hydrogens is 454 g/mol. The smallest absolute Gasteiger partial charge is 0.328 e. The Labute approximate surface area is 186 Å². The maximum Gasteiger partial charge on any atom is 0.328 e. The van der Waals surface area contributed by atoms with Crippen molar-refractivity contribution in [3.05, 3.63) is 59.6 Å². The zero-order valence-corrected chi connectivity index (χ0v) is 19.0. The molecule has 2 aromatic carbocycles. The van der Waals surface area contributed by atoms with E-state index in [9.17, 15) is 8.42 Å². The molecule has 0 aliphatic heterocycles. The van der Waals surface area contributed by atoms with Gasteiger partial charge in [0.25, 0.3) is 0 Å². The zero-order valence-electron chi connectivity index (χ0n) is 16.6. The van der Waals surface area contributed by atoms with E-state index in [-0.39, 0.29) is 4.90 Å². The molecule has 0 N–H and O–H groups in total. The number of hydrogen-bond donors (Lipinski definition) is 0. The topological polar surface area (TPSA) is 93.6 Å². The molecule has 8 nitrogen and oxygen atoms in total. The van der Waals surface area contributed by atoms with E-state index in [1.54, 1.807) is 27.9 Å². The van der Waals surface area contributed by atoms with Gasteiger partial charge in [0.05, 0.1) is 16.1 Å². The Kier molecular flexibility index (Phi) is 5.05. The quantitative estimate of drug-likeness (QED) is 0.344. The summed E-state index contributed by atoms with van der Waals surface area (Å²) in [7, 11) is -0.563. The number of aromatic nitrogens is 4. The van der Waals surface area contributed by atoms with E-state index in [4.69, 9.17) is 9.40 Å². The normalized spacial score (nSPS) is 12.4. The third-order valence-corrected chi connectivity index (χ3v) is 8.39. The Morgan fingerprint density at radius 2 is 1.94 bits per heavy atom. The highest BCUT2D eigenvalue weighted by molar-refractivity contribution is 7.98. The van der Waals surface area contributed by atoms with Crippen LogP contribution in [-0.2, 0) is 15.8 Å². The Hall–Kier alpha value is -2.73. The average molecular weight is 472 g/mol. The first-order valence-electron chi connectivity index (χ1n) is 9.26. The standard InChI is InChI=1S/C20H17N5O3S3/c1-24(2)31(26,27)15-8-9-17-16(10-15)25-19(28-17)22-23-20(25)30-12-14-11-29-18(21-14)13-6-4-3-5-7-13/h3-11H,12H2,1-2H3. The van der Waals surface area contributed by atoms with E-state index < -0.39 is 10.0 Å². The molecule has 0 amide bonds. The highest BCUT2D eigenvalue weighted by atomic mass is 32.2. The number of rotatable bonds is 6. The molecule has 0 saturated heterocycles. The van der Waals surface area contributed by atoms with E-state index in [1.165, 1.54) is 36.2 Å². The summed E-state index contributed by atoms with van der Waals surface area (Å²) in [6.45, 7) is 0. The van der Waals surface area contributed by atoms with Crippen LogP contribution < -0.4 is 0 Å². The molecular formula is C20H17N5O3S3. The lowest BCUT2D eigenvalue weighted by molar-refractivity contribution is 0.521. The van der Waals surface area contributed by atoms with Crippen LogP contribution in [-0.4, -0.2) is 46.4 Å². The molecule has 0 aliphatic rings. The molecule has 0 saturated carbocycles. The van der Waals surface area contributed by atoms with Gasteiger partial charge < -0.3 is 4.42 Å². The van der Waals surface area contributed by atoms with E-state index in [1.807, 2.05) is 35.7 Å². The number of hydrogen-bond acceptors (Lipinski definition) is 8. The van der Waals surface area contributed by atoms with Crippen LogP contribution in [0.15, 0.2) is 68.4 Å². The highest BCUT2D eigenvalue weighted by Crippen LogP contribution is 2.31. The fourth-order valence-electron chi connectivity index (χ4n) is 3.08. The molecule has 0 unspecified atom stereocenters. The van der Waals surface area contributed by atoms with Crippen molar-refractivity contribution in [3.8, 4) is 10.6 Å². The lowest BCUT2D eigenvalue weighted by atomic mass is 10.2. The average Bonchev–Trinajstić information content (AvgIpc) is 3.48. The molecule has 5 aromatic rings. The van der Waals surface area contributed by atoms with Crippen molar-refractivity contribution in [1.29, 1.82) is 0 Å². The first kappa shape index (κ1) is 20.2. The lowest BCUT2D eigenvalue weighted by Crippen LogP contribution is -2.22. The van der Waals surface area contributed by atoms with Gasteiger partial charge in [-0.25, -0.2) is 22.1 Å². The fourth-order valence-corrected chi connectivity index (χ4v) is 5.76. The van der Waals surface area contributed by atoms with E-state index >= 15 is 0 Å². The predicted molar refractivity (Wildman–Crippen MR) is 121 cm³/mol. The molecule has 3 heterocycles. The van der Waals surface area contributed by atoms with Gasteiger partial charge in [-0.15, -0.1) is 16.4 Å². The monoisotopic (exact) mass is 471 g/mol. The first-order valence-corrected chi connectivity index (χ1v) is 12.6. The first-order chi connectivity index (χ1) is 14.9. The summed E-state index contributed by atoms with van der Waals surface area (Å²) in [6, 6.07) is 14.8. The molecule has 0 radical (unpaired) electrons. The van der Waals surface area contributed by atoms with E-state index in [0.29, 0.717) is 27.9 Å². The second kappa shape index (κ2) is 7.75. The van der Waals surface area contributed by atoms with Gasteiger partial charge in [0.2, 0.25) is 10.0 Å². The minimum absolute atomic E-state index is 0.185. The number of nitrogens with zero attached hydrogens (tertiary/aromatic N) is 5. The van der Waals surface area contributed by atoms with Gasteiger partial charge in [-0.1, -0.05) is 47.2 Å². The lowest BCUT2D eigenvalue weighted by Gasteiger charge is -2.10. The minimum atomic E-state index is -3.57. The van der Waals surface area contributed by atoms with Crippen LogP contribution in [0.25, 0.3) is 27.5 Å². The van der Waals surface area contributed by atoms with E-state index in [0.717, 1.165) is 16.3 Å². The van der Waals surface area contributed by atoms with Crippen molar-refractivity contribution < 1.29 is 12.8 Å². The van der Waals surface area contributed by atoms with Crippen molar-refractivity contribution in [1.82, 2.24) is 23.9 Å². The van der Waals surface area contributed by atoms with Crippen molar-refractivity contribution >= 4 is 50.1 Å². The summed E-state index contributed by atoms with van der Waals surface area (Å²) in [5.41, 5.74) is 3.18. The summed E-state index contributed by atoms with van der Waals surface area (Å²) in [5, 5.41) is 11.9. The maximum absolute atomic E-state index is 12.5. The van der Waals surface area contributed by atoms with Gasteiger partial charge >= 0.3 is 5.84 Å². The Bertz CT molecular complexity index is 1490. The van der Waals surface area contributed by atoms with Gasteiger partial charge in [0, 0.05) is 30.8 Å². The predicted octanol–water partition coefficient (Wildman–Crippen LogP) is 4.14. The summed E-state index contributed by atoms with van der Waals surface area (Å²) < 4.78 is 33.7. The summed E-state index contributed by atoms with van der Waals surface area (Å²) in [5.74, 6) is 0.923. The van der Waals surface area contributed by atoms with Crippen LogP contribution in [0.5, 0.6) is 0 Å². The van der Waals surface area contributed by atoms with Crippen molar-refractivity contribution in [2.24, 2.45) is 0 Å².